The number of benzene rings is 1. The Bertz CT molecular complexity index is 692. The molecule has 1 amide bonds. The molecule has 1 aliphatic rings. The molecule has 1 heterocycles. The Kier molecular flexibility index (Phi) is 6.51. The zero-order valence-electron chi connectivity index (χ0n) is 14.4. The molecule has 8 heteroatoms. The van der Waals surface area contributed by atoms with Gasteiger partial charge in [-0.05, 0) is 56.5 Å². The molecular formula is C17H24F2N2O3S. The molecule has 0 bridgehead atoms. The van der Waals surface area contributed by atoms with E-state index >= 15 is 0 Å². The van der Waals surface area contributed by atoms with Gasteiger partial charge < -0.3 is 10.2 Å². The third-order valence-electron chi connectivity index (χ3n) is 4.33. The standard InChI is InChI=1S/C17H24F2N2O3S/c1-12-4-3-9-21(10-12)11-13(2)20-16(22)14-5-7-15(8-6-14)25(23,24)17(18)19/h5-8,12-13,17H,3-4,9-11H2,1-2H3,(H,20,22). The van der Waals surface area contributed by atoms with E-state index in [1.807, 2.05) is 6.92 Å². The maximum absolute atomic E-state index is 12.5. The van der Waals surface area contributed by atoms with Crippen molar-refractivity contribution in [3.63, 3.8) is 0 Å². The van der Waals surface area contributed by atoms with E-state index in [9.17, 15) is 22.0 Å². The summed E-state index contributed by atoms with van der Waals surface area (Å²) in [5, 5.41) is 2.86. The third kappa shape index (κ3) is 5.22. The first-order chi connectivity index (χ1) is 11.7. The second-order valence-electron chi connectivity index (χ2n) is 6.71. The summed E-state index contributed by atoms with van der Waals surface area (Å²) in [6.07, 6.45) is 2.38. The lowest BCUT2D eigenvalue weighted by Gasteiger charge is -2.32. The summed E-state index contributed by atoms with van der Waals surface area (Å²) in [7, 11) is -4.64. The highest BCUT2D eigenvalue weighted by atomic mass is 32.2. The topological polar surface area (TPSA) is 66.5 Å². The summed E-state index contributed by atoms with van der Waals surface area (Å²) < 4.78 is 47.8. The fraction of sp³-hybridized carbons (Fsp3) is 0.588. The summed E-state index contributed by atoms with van der Waals surface area (Å²) >= 11 is 0. The Labute approximate surface area is 147 Å². The van der Waals surface area contributed by atoms with E-state index in [4.69, 9.17) is 0 Å². The predicted octanol–water partition coefficient (Wildman–Crippen LogP) is 2.53. The van der Waals surface area contributed by atoms with Gasteiger partial charge in [-0.1, -0.05) is 6.92 Å². The van der Waals surface area contributed by atoms with Crippen molar-refractivity contribution in [2.45, 2.75) is 43.4 Å². The molecule has 1 aliphatic heterocycles. The molecule has 0 radical (unpaired) electrons. The lowest BCUT2D eigenvalue weighted by atomic mass is 10.00. The van der Waals surface area contributed by atoms with Gasteiger partial charge in [0, 0.05) is 24.7 Å². The van der Waals surface area contributed by atoms with Gasteiger partial charge in [-0.2, -0.15) is 8.78 Å². The number of carbonyl (C=O) groups is 1. The highest BCUT2D eigenvalue weighted by molar-refractivity contribution is 7.91. The van der Waals surface area contributed by atoms with Crippen LogP contribution < -0.4 is 5.32 Å². The van der Waals surface area contributed by atoms with Crippen molar-refractivity contribution < 1.29 is 22.0 Å². The predicted molar refractivity (Wildman–Crippen MR) is 91.4 cm³/mol. The van der Waals surface area contributed by atoms with Gasteiger partial charge in [-0.25, -0.2) is 8.42 Å². The average molecular weight is 374 g/mol. The van der Waals surface area contributed by atoms with Crippen LogP contribution >= 0.6 is 0 Å². The molecule has 140 valence electrons. The fourth-order valence-corrected chi connectivity index (χ4v) is 3.81. The van der Waals surface area contributed by atoms with Crippen LogP contribution in [0.5, 0.6) is 0 Å². The second kappa shape index (κ2) is 8.23. The number of hydrogen-bond donors (Lipinski definition) is 1. The summed E-state index contributed by atoms with van der Waals surface area (Å²) in [5.41, 5.74) is 0.243. The van der Waals surface area contributed by atoms with Crippen LogP contribution in [0.15, 0.2) is 29.2 Å². The minimum atomic E-state index is -4.64. The molecule has 0 spiro atoms. The van der Waals surface area contributed by atoms with Crippen LogP contribution in [0.1, 0.15) is 37.0 Å². The Balaban J connectivity index is 1.94. The van der Waals surface area contributed by atoms with E-state index in [2.05, 4.69) is 17.1 Å². The number of alkyl halides is 2. The SMILES string of the molecule is CC1CCCN(CC(C)NC(=O)c2ccc(S(=O)(=O)C(F)F)cc2)C1. The first-order valence-electron chi connectivity index (χ1n) is 8.35. The van der Waals surface area contributed by atoms with Crippen LogP contribution in [-0.2, 0) is 9.84 Å². The molecule has 0 aromatic heterocycles. The van der Waals surface area contributed by atoms with Gasteiger partial charge in [0.05, 0.1) is 4.90 Å². The first-order valence-corrected chi connectivity index (χ1v) is 9.90. The number of rotatable bonds is 6. The summed E-state index contributed by atoms with van der Waals surface area (Å²) in [5.74, 6) is -3.17. The number of carbonyl (C=O) groups excluding carboxylic acids is 1. The molecule has 0 saturated carbocycles. The van der Waals surface area contributed by atoms with E-state index in [1.165, 1.54) is 18.6 Å². The zero-order chi connectivity index (χ0) is 18.6. The largest absolute Gasteiger partial charge is 0.348 e. The van der Waals surface area contributed by atoms with Gasteiger partial charge in [0.2, 0.25) is 9.84 Å². The minimum Gasteiger partial charge on any atom is -0.348 e. The van der Waals surface area contributed by atoms with Crippen LogP contribution in [0.2, 0.25) is 0 Å². The monoisotopic (exact) mass is 374 g/mol. The van der Waals surface area contributed by atoms with Gasteiger partial charge >= 0.3 is 5.76 Å². The maximum atomic E-state index is 12.5. The van der Waals surface area contributed by atoms with Crippen molar-refractivity contribution in [1.82, 2.24) is 10.2 Å². The zero-order valence-corrected chi connectivity index (χ0v) is 15.2. The van der Waals surface area contributed by atoms with Gasteiger partial charge in [-0.3, -0.25) is 4.79 Å². The van der Waals surface area contributed by atoms with Gasteiger partial charge in [0.25, 0.3) is 5.91 Å². The van der Waals surface area contributed by atoms with Crippen molar-refractivity contribution in [2.75, 3.05) is 19.6 Å². The number of halogens is 2. The molecule has 2 unspecified atom stereocenters. The van der Waals surface area contributed by atoms with Gasteiger partial charge in [0.15, 0.2) is 0 Å². The number of sulfone groups is 1. The van der Waals surface area contributed by atoms with Crippen LogP contribution in [-0.4, -0.2) is 50.7 Å². The number of nitrogens with zero attached hydrogens (tertiary/aromatic N) is 1. The molecule has 5 nitrogen and oxygen atoms in total. The van der Waals surface area contributed by atoms with Crippen LogP contribution in [0, 0.1) is 5.92 Å². The molecule has 1 aromatic carbocycles. The maximum Gasteiger partial charge on any atom is 0.341 e. The lowest BCUT2D eigenvalue weighted by Crippen LogP contribution is -2.45. The molecule has 2 atom stereocenters. The van der Waals surface area contributed by atoms with Gasteiger partial charge in [0.1, 0.15) is 0 Å². The van der Waals surface area contributed by atoms with E-state index in [1.54, 1.807) is 0 Å². The molecule has 2 rings (SSSR count). The van der Waals surface area contributed by atoms with E-state index in [0.29, 0.717) is 5.92 Å². The summed E-state index contributed by atoms with van der Waals surface area (Å²) in [6, 6.07) is 4.50. The van der Waals surface area contributed by atoms with Gasteiger partial charge in [-0.15, -0.1) is 0 Å². The number of hydrogen-bond acceptors (Lipinski definition) is 4. The van der Waals surface area contributed by atoms with Crippen molar-refractivity contribution in [3.8, 4) is 0 Å². The van der Waals surface area contributed by atoms with Crippen molar-refractivity contribution >= 4 is 15.7 Å². The van der Waals surface area contributed by atoms with Crippen molar-refractivity contribution in [3.05, 3.63) is 29.8 Å². The molecule has 0 aliphatic carbocycles. The van der Waals surface area contributed by atoms with E-state index in [0.717, 1.165) is 38.2 Å². The average Bonchev–Trinajstić information content (AvgIpc) is 2.54. The molecule has 1 N–H and O–H groups in total. The molecule has 1 fully saturated rings. The van der Waals surface area contributed by atoms with Crippen LogP contribution in [0.25, 0.3) is 0 Å². The normalized spacial score (nSPS) is 20.4. The Morgan fingerprint density at radius 2 is 1.96 bits per heavy atom. The highest BCUT2D eigenvalue weighted by Crippen LogP contribution is 2.19. The molecule has 25 heavy (non-hydrogen) atoms. The Morgan fingerprint density at radius 3 is 2.52 bits per heavy atom. The van der Waals surface area contributed by atoms with Crippen LogP contribution in [0.3, 0.4) is 0 Å². The first kappa shape index (κ1) is 19.8. The molecule has 1 saturated heterocycles. The van der Waals surface area contributed by atoms with Crippen molar-refractivity contribution in [2.24, 2.45) is 5.92 Å². The quantitative estimate of drug-likeness (QED) is 0.831. The lowest BCUT2D eigenvalue weighted by molar-refractivity contribution is 0.0920. The van der Waals surface area contributed by atoms with E-state index < -0.39 is 20.5 Å². The number of likely N-dealkylation sites (tertiary alicyclic amines) is 1. The summed E-state index contributed by atoms with van der Waals surface area (Å²) in [6.45, 7) is 6.90. The highest BCUT2D eigenvalue weighted by Gasteiger charge is 2.26. The number of amides is 1. The molecular weight excluding hydrogens is 350 g/mol. The van der Waals surface area contributed by atoms with Crippen molar-refractivity contribution in [1.29, 1.82) is 0 Å². The van der Waals surface area contributed by atoms with E-state index in [-0.39, 0.29) is 17.5 Å². The van der Waals surface area contributed by atoms with Crippen LogP contribution in [0.4, 0.5) is 8.78 Å². The minimum absolute atomic E-state index is 0.0673. The third-order valence-corrected chi connectivity index (χ3v) is 5.73. The Morgan fingerprint density at radius 1 is 1.32 bits per heavy atom. The second-order valence-corrected chi connectivity index (χ2v) is 8.63. The number of piperidine rings is 1. The molecule has 1 aromatic rings. The summed E-state index contributed by atoms with van der Waals surface area (Å²) in [4.78, 5) is 14.1. The Hall–Kier alpha value is -1.54. The smallest absolute Gasteiger partial charge is 0.341 e. The fourth-order valence-electron chi connectivity index (χ4n) is 3.09. The number of nitrogens with one attached hydrogen (secondary N) is 1.